The van der Waals surface area contributed by atoms with Crippen LogP contribution < -0.4 is 0 Å². The summed E-state index contributed by atoms with van der Waals surface area (Å²) in [6.45, 7) is 0. The smallest absolute Gasteiger partial charge is 0.307 e. The highest BCUT2D eigenvalue weighted by molar-refractivity contribution is 7.09. The maximum absolute atomic E-state index is 10.4. The topological polar surface area (TPSA) is 50.2 Å². The molecule has 0 unspecified atom stereocenters. The van der Waals surface area contributed by atoms with Crippen molar-refractivity contribution < 1.29 is 9.90 Å². The Kier molecular flexibility index (Phi) is 1.42. The second-order valence-electron chi connectivity index (χ2n) is 2.66. The first-order valence-corrected chi connectivity index (χ1v) is 4.29. The zero-order valence-corrected chi connectivity index (χ0v) is 6.54. The predicted octanol–water partition coefficient (Wildman–Crippen LogP) is 1.33. The minimum absolute atomic E-state index is 0.166. The molecule has 1 aliphatic rings. The lowest BCUT2D eigenvalue weighted by atomic mass is 10.3. The third kappa shape index (κ3) is 1.14. The van der Waals surface area contributed by atoms with E-state index in [0.717, 1.165) is 11.4 Å². The summed E-state index contributed by atoms with van der Waals surface area (Å²) in [6.07, 6.45) is 2.49. The van der Waals surface area contributed by atoms with E-state index in [9.17, 15) is 4.79 Å². The average Bonchev–Trinajstić information content (AvgIpc) is 2.60. The number of carboxylic acids is 1. The summed E-state index contributed by atoms with van der Waals surface area (Å²) < 4.78 is 0. The van der Waals surface area contributed by atoms with Crippen molar-refractivity contribution in [3.05, 3.63) is 16.6 Å². The van der Waals surface area contributed by atoms with E-state index >= 15 is 0 Å². The fraction of sp³-hybridized carbons (Fsp3) is 0.429. The molecule has 1 saturated carbocycles. The number of rotatable bonds is 2. The lowest BCUT2D eigenvalue weighted by molar-refractivity contribution is -0.138. The quantitative estimate of drug-likeness (QED) is 0.726. The molecule has 2 atom stereocenters. The molecule has 0 bridgehead atoms. The summed E-state index contributed by atoms with van der Waals surface area (Å²) in [4.78, 5) is 14.5. The van der Waals surface area contributed by atoms with Crippen molar-refractivity contribution in [2.24, 2.45) is 5.92 Å². The Hall–Kier alpha value is -0.900. The first-order valence-electron chi connectivity index (χ1n) is 3.41. The fourth-order valence-corrected chi connectivity index (χ4v) is 1.98. The van der Waals surface area contributed by atoms with Gasteiger partial charge in [0.1, 0.15) is 0 Å². The van der Waals surface area contributed by atoms with Crippen LogP contribution >= 0.6 is 11.3 Å². The molecule has 1 aromatic rings. The van der Waals surface area contributed by atoms with Crippen LogP contribution in [0.3, 0.4) is 0 Å². The third-order valence-electron chi connectivity index (χ3n) is 1.88. The summed E-state index contributed by atoms with van der Waals surface area (Å²) in [7, 11) is 0. The first-order chi connectivity index (χ1) is 5.29. The van der Waals surface area contributed by atoms with Gasteiger partial charge in [-0.15, -0.1) is 11.3 Å². The molecule has 58 valence electrons. The van der Waals surface area contributed by atoms with Crippen LogP contribution in [0.15, 0.2) is 11.6 Å². The van der Waals surface area contributed by atoms with Gasteiger partial charge in [-0.1, -0.05) is 0 Å². The van der Waals surface area contributed by atoms with Crippen LogP contribution in [0.2, 0.25) is 0 Å². The monoisotopic (exact) mass is 169 g/mol. The van der Waals surface area contributed by atoms with Gasteiger partial charge in [0.05, 0.1) is 10.9 Å². The highest BCUT2D eigenvalue weighted by Crippen LogP contribution is 2.47. The first kappa shape index (κ1) is 6.79. The number of hydrogen-bond donors (Lipinski definition) is 1. The molecule has 1 aliphatic carbocycles. The molecule has 0 amide bonds. The van der Waals surface area contributed by atoms with E-state index in [4.69, 9.17) is 5.11 Å². The van der Waals surface area contributed by atoms with Gasteiger partial charge in [0.2, 0.25) is 0 Å². The van der Waals surface area contributed by atoms with Crippen molar-refractivity contribution in [3.8, 4) is 0 Å². The van der Waals surface area contributed by atoms with Crippen molar-refractivity contribution in [1.82, 2.24) is 4.98 Å². The number of nitrogens with zero attached hydrogens (tertiary/aromatic N) is 1. The van der Waals surface area contributed by atoms with Crippen molar-refractivity contribution in [3.63, 3.8) is 0 Å². The molecule has 1 heterocycles. The molecule has 0 saturated heterocycles. The Bertz CT molecular complexity index is 270. The maximum atomic E-state index is 10.4. The van der Waals surface area contributed by atoms with Gasteiger partial charge < -0.3 is 5.11 Å². The molecular weight excluding hydrogens is 162 g/mol. The summed E-state index contributed by atoms with van der Waals surface area (Å²) in [5, 5.41) is 11.5. The van der Waals surface area contributed by atoms with Crippen LogP contribution in [0, 0.1) is 5.92 Å². The lowest BCUT2D eigenvalue weighted by Gasteiger charge is -1.87. The number of carboxylic acid groups (broad SMARTS) is 1. The molecule has 1 N–H and O–H groups in total. The molecule has 2 rings (SSSR count). The number of hydrogen-bond acceptors (Lipinski definition) is 3. The van der Waals surface area contributed by atoms with Gasteiger partial charge in [-0.3, -0.25) is 4.79 Å². The number of aromatic nitrogens is 1. The molecule has 4 heteroatoms. The van der Waals surface area contributed by atoms with E-state index in [1.165, 1.54) is 0 Å². The molecule has 0 aromatic carbocycles. The normalized spacial score (nSPS) is 28.4. The highest BCUT2D eigenvalue weighted by Gasteiger charge is 2.45. The number of carbonyl (C=O) groups is 1. The summed E-state index contributed by atoms with van der Waals surface area (Å²) in [5.41, 5.74) is 0. The Morgan fingerprint density at radius 2 is 2.64 bits per heavy atom. The molecule has 11 heavy (non-hydrogen) atoms. The summed E-state index contributed by atoms with van der Waals surface area (Å²) >= 11 is 1.54. The summed E-state index contributed by atoms with van der Waals surface area (Å²) in [5.74, 6) is -0.654. The number of thiazole rings is 1. The zero-order valence-electron chi connectivity index (χ0n) is 5.73. The van der Waals surface area contributed by atoms with Crippen LogP contribution in [-0.2, 0) is 4.79 Å². The minimum atomic E-state index is -0.690. The molecule has 0 spiro atoms. The molecule has 1 aromatic heterocycles. The van der Waals surface area contributed by atoms with Crippen LogP contribution in [-0.4, -0.2) is 16.1 Å². The van der Waals surface area contributed by atoms with Gasteiger partial charge >= 0.3 is 5.97 Å². The summed E-state index contributed by atoms with van der Waals surface area (Å²) in [6, 6.07) is 0. The van der Waals surface area contributed by atoms with E-state index < -0.39 is 5.97 Å². The Morgan fingerprint density at radius 3 is 3.09 bits per heavy atom. The second-order valence-corrected chi connectivity index (χ2v) is 3.58. The maximum Gasteiger partial charge on any atom is 0.307 e. The molecular formula is C7H7NO2S. The third-order valence-corrected chi connectivity index (χ3v) is 2.78. The van der Waals surface area contributed by atoms with E-state index in [-0.39, 0.29) is 11.8 Å². The average molecular weight is 169 g/mol. The number of aliphatic carboxylic acids is 1. The minimum Gasteiger partial charge on any atom is -0.481 e. The van der Waals surface area contributed by atoms with Gasteiger partial charge in [-0.05, 0) is 6.42 Å². The van der Waals surface area contributed by atoms with Crippen LogP contribution in [0.25, 0.3) is 0 Å². The van der Waals surface area contributed by atoms with Gasteiger partial charge in [0.25, 0.3) is 0 Å². The van der Waals surface area contributed by atoms with Crippen molar-refractivity contribution in [2.45, 2.75) is 12.3 Å². The molecule has 0 radical (unpaired) electrons. The fourth-order valence-electron chi connectivity index (χ4n) is 1.16. The highest BCUT2D eigenvalue weighted by atomic mass is 32.1. The van der Waals surface area contributed by atoms with Crippen LogP contribution in [0.5, 0.6) is 0 Å². The van der Waals surface area contributed by atoms with E-state index in [2.05, 4.69) is 4.98 Å². The Balaban J connectivity index is 2.08. The predicted molar refractivity (Wildman–Crippen MR) is 40.6 cm³/mol. The second kappa shape index (κ2) is 2.30. The Labute approximate surface area is 67.7 Å². The standard InChI is InChI=1S/C7H7NO2S/c9-7(10)5-3-4(5)6-8-1-2-11-6/h1-2,4-5H,3H2,(H,9,10)/t4-,5-/m1/s1. The molecule has 1 fully saturated rings. The van der Waals surface area contributed by atoms with E-state index in [1.54, 1.807) is 17.5 Å². The van der Waals surface area contributed by atoms with Crippen molar-refractivity contribution in [2.75, 3.05) is 0 Å². The molecule has 3 nitrogen and oxygen atoms in total. The van der Waals surface area contributed by atoms with Crippen LogP contribution in [0.4, 0.5) is 0 Å². The SMILES string of the molecule is O=C(O)[C@@H]1C[C@H]1c1nccs1. The van der Waals surface area contributed by atoms with Gasteiger partial charge in [-0.2, -0.15) is 0 Å². The molecule has 0 aliphatic heterocycles. The van der Waals surface area contributed by atoms with Gasteiger partial charge in [0.15, 0.2) is 0 Å². The largest absolute Gasteiger partial charge is 0.481 e. The van der Waals surface area contributed by atoms with E-state index in [1.807, 2.05) is 5.38 Å². The zero-order chi connectivity index (χ0) is 7.84. The van der Waals surface area contributed by atoms with Crippen molar-refractivity contribution >= 4 is 17.3 Å². The lowest BCUT2D eigenvalue weighted by Crippen LogP contribution is -1.98. The van der Waals surface area contributed by atoms with E-state index in [0.29, 0.717) is 0 Å². The van der Waals surface area contributed by atoms with Crippen molar-refractivity contribution in [1.29, 1.82) is 0 Å². The Morgan fingerprint density at radius 1 is 1.82 bits per heavy atom. The van der Waals surface area contributed by atoms with Crippen LogP contribution in [0.1, 0.15) is 17.3 Å². The van der Waals surface area contributed by atoms with Gasteiger partial charge in [-0.25, -0.2) is 4.98 Å². The van der Waals surface area contributed by atoms with Gasteiger partial charge in [0, 0.05) is 17.5 Å².